The van der Waals surface area contributed by atoms with Crippen LogP contribution in [0.15, 0.2) is 0 Å². The first-order valence-corrected chi connectivity index (χ1v) is 6.37. The van der Waals surface area contributed by atoms with Gasteiger partial charge in [-0.25, -0.2) is 0 Å². The van der Waals surface area contributed by atoms with E-state index in [0.29, 0.717) is 26.2 Å². The zero-order valence-electron chi connectivity index (χ0n) is 11.6. The Bertz CT molecular complexity index is 298. The fourth-order valence-corrected chi connectivity index (χ4v) is 1.87. The Morgan fingerprint density at radius 1 is 1.22 bits per heavy atom. The largest absolute Gasteiger partial charge is 0.348 e. The molecule has 1 aliphatic rings. The van der Waals surface area contributed by atoms with Crippen LogP contribution in [0.5, 0.6) is 0 Å². The summed E-state index contributed by atoms with van der Waals surface area (Å²) >= 11 is 0. The van der Waals surface area contributed by atoms with Gasteiger partial charge in [-0.2, -0.15) is 0 Å². The molecule has 0 radical (unpaired) electrons. The fourth-order valence-electron chi connectivity index (χ4n) is 1.87. The van der Waals surface area contributed by atoms with Gasteiger partial charge in [-0.1, -0.05) is 6.92 Å². The number of carbonyl (C=O) groups is 2. The molecule has 1 rings (SSSR count). The van der Waals surface area contributed by atoms with Crippen LogP contribution in [0.4, 0.5) is 0 Å². The van der Waals surface area contributed by atoms with Crippen molar-refractivity contribution < 1.29 is 9.59 Å². The second-order valence-electron chi connectivity index (χ2n) is 5.03. The molecule has 1 saturated heterocycles. The predicted molar refractivity (Wildman–Crippen MR) is 69.9 cm³/mol. The molecule has 18 heavy (non-hydrogen) atoms. The zero-order chi connectivity index (χ0) is 13.7. The summed E-state index contributed by atoms with van der Waals surface area (Å²) in [5.41, 5.74) is 5.50. The summed E-state index contributed by atoms with van der Waals surface area (Å²) in [6, 6.07) is 0. The highest BCUT2D eigenvalue weighted by Gasteiger charge is 2.25. The second-order valence-corrected chi connectivity index (χ2v) is 5.03. The quantitative estimate of drug-likeness (QED) is 0.687. The topological polar surface area (TPSA) is 69.9 Å². The molecule has 2 amide bonds. The Labute approximate surface area is 109 Å². The number of hydrogen-bond donors (Lipinski definition) is 1. The summed E-state index contributed by atoms with van der Waals surface area (Å²) in [4.78, 5) is 29.0. The van der Waals surface area contributed by atoms with Crippen molar-refractivity contribution in [2.24, 2.45) is 11.7 Å². The molecule has 0 aromatic carbocycles. The number of piperazine rings is 1. The lowest BCUT2D eigenvalue weighted by molar-refractivity contribution is -0.137. The van der Waals surface area contributed by atoms with Crippen LogP contribution in [-0.4, -0.2) is 79.9 Å². The molecule has 1 aliphatic heterocycles. The van der Waals surface area contributed by atoms with Crippen molar-refractivity contribution in [2.45, 2.75) is 6.92 Å². The molecule has 0 aliphatic carbocycles. The van der Waals surface area contributed by atoms with E-state index in [1.807, 2.05) is 11.8 Å². The normalized spacial score (nSPS) is 18.6. The summed E-state index contributed by atoms with van der Waals surface area (Å²) in [6.45, 7) is 5.54. The van der Waals surface area contributed by atoms with Crippen molar-refractivity contribution in [1.82, 2.24) is 14.7 Å². The van der Waals surface area contributed by atoms with Crippen LogP contribution >= 0.6 is 0 Å². The average Bonchev–Trinajstić information content (AvgIpc) is 2.37. The van der Waals surface area contributed by atoms with E-state index >= 15 is 0 Å². The second kappa shape index (κ2) is 6.70. The highest BCUT2D eigenvalue weighted by molar-refractivity contribution is 5.79. The molecular formula is C12H24N4O2. The van der Waals surface area contributed by atoms with Gasteiger partial charge in [-0.15, -0.1) is 0 Å². The third kappa shape index (κ3) is 3.96. The highest BCUT2D eigenvalue weighted by atomic mass is 16.2. The van der Waals surface area contributed by atoms with Gasteiger partial charge in [-0.05, 0) is 0 Å². The van der Waals surface area contributed by atoms with Crippen LogP contribution in [0, 0.1) is 5.92 Å². The van der Waals surface area contributed by atoms with Gasteiger partial charge in [0.1, 0.15) is 0 Å². The van der Waals surface area contributed by atoms with Crippen LogP contribution in [0.2, 0.25) is 0 Å². The van der Waals surface area contributed by atoms with E-state index in [2.05, 4.69) is 4.90 Å². The number of nitrogens with two attached hydrogens (primary N) is 1. The first-order chi connectivity index (χ1) is 8.45. The Hall–Kier alpha value is -1.14. The first-order valence-electron chi connectivity index (χ1n) is 6.37. The Balaban J connectivity index is 2.37. The SMILES string of the molecule is CC(CN)C(=O)N1CCN(CC(=O)N(C)C)CC1. The van der Waals surface area contributed by atoms with E-state index in [0.717, 1.165) is 13.1 Å². The molecule has 2 N–H and O–H groups in total. The van der Waals surface area contributed by atoms with E-state index in [-0.39, 0.29) is 17.7 Å². The lowest BCUT2D eigenvalue weighted by Crippen LogP contribution is -2.52. The summed E-state index contributed by atoms with van der Waals surface area (Å²) in [6.07, 6.45) is 0. The molecule has 0 aromatic heterocycles. The smallest absolute Gasteiger partial charge is 0.236 e. The maximum Gasteiger partial charge on any atom is 0.236 e. The summed E-state index contributed by atoms with van der Waals surface area (Å²) < 4.78 is 0. The molecule has 0 spiro atoms. The van der Waals surface area contributed by atoms with Gasteiger partial charge < -0.3 is 15.5 Å². The van der Waals surface area contributed by atoms with E-state index < -0.39 is 0 Å². The average molecular weight is 256 g/mol. The van der Waals surface area contributed by atoms with Gasteiger partial charge in [0, 0.05) is 52.7 Å². The van der Waals surface area contributed by atoms with Crippen molar-refractivity contribution in [2.75, 3.05) is 53.4 Å². The first kappa shape index (κ1) is 14.9. The lowest BCUT2D eigenvalue weighted by Gasteiger charge is -2.35. The number of rotatable bonds is 4. The van der Waals surface area contributed by atoms with Gasteiger partial charge in [0.2, 0.25) is 11.8 Å². The Morgan fingerprint density at radius 2 is 1.78 bits per heavy atom. The number of hydrogen-bond acceptors (Lipinski definition) is 4. The molecule has 6 heteroatoms. The predicted octanol–water partition coefficient (Wildman–Crippen LogP) is -1.19. The summed E-state index contributed by atoms with van der Waals surface area (Å²) in [5.74, 6) is 0.112. The molecule has 0 bridgehead atoms. The van der Waals surface area contributed by atoms with E-state index in [1.54, 1.807) is 19.0 Å². The molecule has 1 atom stereocenters. The van der Waals surface area contributed by atoms with Crippen molar-refractivity contribution in [1.29, 1.82) is 0 Å². The molecular weight excluding hydrogens is 232 g/mol. The van der Waals surface area contributed by atoms with Crippen molar-refractivity contribution in [3.8, 4) is 0 Å². The Morgan fingerprint density at radius 3 is 2.22 bits per heavy atom. The van der Waals surface area contributed by atoms with Crippen molar-refractivity contribution in [3.63, 3.8) is 0 Å². The molecule has 1 unspecified atom stereocenters. The van der Waals surface area contributed by atoms with E-state index in [1.165, 1.54) is 0 Å². The molecule has 0 aromatic rings. The standard InChI is InChI=1S/C12H24N4O2/c1-10(8-13)12(18)16-6-4-15(5-7-16)9-11(17)14(2)3/h10H,4-9,13H2,1-3H3. The van der Waals surface area contributed by atoms with Crippen LogP contribution in [-0.2, 0) is 9.59 Å². The maximum absolute atomic E-state index is 11.9. The Kier molecular flexibility index (Phi) is 5.55. The van der Waals surface area contributed by atoms with Gasteiger partial charge >= 0.3 is 0 Å². The van der Waals surface area contributed by atoms with E-state index in [4.69, 9.17) is 5.73 Å². The monoisotopic (exact) mass is 256 g/mol. The number of amides is 2. The summed E-state index contributed by atoms with van der Waals surface area (Å²) in [5, 5.41) is 0. The highest BCUT2D eigenvalue weighted by Crippen LogP contribution is 2.06. The van der Waals surface area contributed by atoms with Crippen LogP contribution in [0.25, 0.3) is 0 Å². The van der Waals surface area contributed by atoms with Gasteiger partial charge in [0.25, 0.3) is 0 Å². The molecule has 104 valence electrons. The minimum Gasteiger partial charge on any atom is -0.348 e. The lowest BCUT2D eigenvalue weighted by atomic mass is 10.1. The van der Waals surface area contributed by atoms with Crippen LogP contribution in [0.3, 0.4) is 0 Å². The van der Waals surface area contributed by atoms with E-state index in [9.17, 15) is 9.59 Å². The third-order valence-corrected chi connectivity index (χ3v) is 3.32. The van der Waals surface area contributed by atoms with Crippen molar-refractivity contribution in [3.05, 3.63) is 0 Å². The van der Waals surface area contributed by atoms with Gasteiger partial charge in [0.05, 0.1) is 6.54 Å². The number of nitrogens with zero attached hydrogens (tertiary/aromatic N) is 3. The van der Waals surface area contributed by atoms with Crippen LogP contribution in [0.1, 0.15) is 6.92 Å². The molecule has 6 nitrogen and oxygen atoms in total. The third-order valence-electron chi connectivity index (χ3n) is 3.32. The van der Waals surface area contributed by atoms with Gasteiger partial charge in [-0.3, -0.25) is 14.5 Å². The maximum atomic E-state index is 11.9. The minimum absolute atomic E-state index is 0.102. The fraction of sp³-hybridized carbons (Fsp3) is 0.833. The molecule has 0 saturated carbocycles. The van der Waals surface area contributed by atoms with Crippen molar-refractivity contribution >= 4 is 11.8 Å². The minimum atomic E-state index is -0.111. The van der Waals surface area contributed by atoms with Gasteiger partial charge in [0.15, 0.2) is 0 Å². The number of carbonyl (C=O) groups excluding carboxylic acids is 2. The molecule has 1 heterocycles. The molecule has 1 fully saturated rings. The number of likely N-dealkylation sites (N-methyl/N-ethyl adjacent to an activating group) is 1. The zero-order valence-corrected chi connectivity index (χ0v) is 11.6. The summed E-state index contributed by atoms with van der Waals surface area (Å²) in [7, 11) is 3.51. The van der Waals surface area contributed by atoms with Crippen LogP contribution < -0.4 is 5.73 Å².